The molecule has 166 valence electrons. The molecule has 2 atom stereocenters. The van der Waals surface area contributed by atoms with Gasteiger partial charge in [-0.15, -0.1) is 0 Å². The Morgan fingerprint density at radius 3 is 2.47 bits per heavy atom. The Morgan fingerprint density at radius 2 is 1.81 bits per heavy atom. The molecule has 7 heteroatoms. The number of nitrogens with zero attached hydrogens (tertiary/aromatic N) is 1. The second-order valence-corrected chi connectivity index (χ2v) is 8.81. The SMILES string of the molecule is COC(=O)C1=C(c2ccc(Cl)cc2)CC[C@@](C)(C(=O)N2C(=O)OC[C@H]2c2ccccc2)C1. The van der Waals surface area contributed by atoms with Crippen LogP contribution in [0.25, 0.3) is 5.57 Å². The van der Waals surface area contributed by atoms with Crippen LogP contribution in [0.4, 0.5) is 4.79 Å². The first-order chi connectivity index (χ1) is 15.3. The Balaban J connectivity index is 1.68. The van der Waals surface area contributed by atoms with Crippen LogP contribution in [0.2, 0.25) is 5.02 Å². The van der Waals surface area contributed by atoms with Crippen molar-refractivity contribution in [1.29, 1.82) is 0 Å². The van der Waals surface area contributed by atoms with Crippen molar-refractivity contribution >= 4 is 35.1 Å². The maximum Gasteiger partial charge on any atom is 0.417 e. The number of hydrogen-bond donors (Lipinski definition) is 0. The summed E-state index contributed by atoms with van der Waals surface area (Å²) in [5.74, 6) is -0.817. The first-order valence-electron chi connectivity index (χ1n) is 10.5. The van der Waals surface area contributed by atoms with Gasteiger partial charge < -0.3 is 9.47 Å². The van der Waals surface area contributed by atoms with Gasteiger partial charge in [0.1, 0.15) is 12.6 Å². The van der Waals surface area contributed by atoms with E-state index in [0.717, 1.165) is 16.7 Å². The van der Waals surface area contributed by atoms with Gasteiger partial charge in [0, 0.05) is 10.6 Å². The van der Waals surface area contributed by atoms with E-state index >= 15 is 0 Å². The number of amides is 2. The number of carbonyl (C=O) groups excluding carboxylic acids is 3. The quantitative estimate of drug-likeness (QED) is 0.596. The lowest BCUT2D eigenvalue weighted by molar-refractivity contribution is -0.141. The molecule has 0 unspecified atom stereocenters. The second kappa shape index (κ2) is 8.79. The van der Waals surface area contributed by atoms with E-state index in [1.807, 2.05) is 42.5 Å². The molecule has 0 saturated carbocycles. The minimum Gasteiger partial charge on any atom is -0.466 e. The monoisotopic (exact) mass is 453 g/mol. The molecule has 1 aliphatic heterocycles. The molecule has 1 fully saturated rings. The highest BCUT2D eigenvalue weighted by atomic mass is 35.5. The first-order valence-corrected chi connectivity index (χ1v) is 10.8. The van der Waals surface area contributed by atoms with Crippen LogP contribution in [-0.2, 0) is 19.1 Å². The van der Waals surface area contributed by atoms with E-state index in [0.29, 0.717) is 23.4 Å². The molecule has 1 saturated heterocycles. The molecular formula is C25H24ClNO5. The number of allylic oxidation sites excluding steroid dienone is 1. The maximum absolute atomic E-state index is 13.7. The number of ether oxygens (including phenoxy) is 2. The van der Waals surface area contributed by atoms with Crippen molar-refractivity contribution in [1.82, 2.24) is 4.90 Å². The number of cyclic esters (lactones) is 1. The molecule has 2 aromatic rings. The molecule has 0 spiro atoms. The van der Waals surface area contributed by atoms with Gasteiger partial charge in [0.15, 0.2) is 0 Å². The van der Waals surface area contributed by atoms with Gasteiger partial charge in [-0.3, -0.25) is 4.79 Å². The fourth-order valence-corrected chi connectivity index (χ4v) is 4.59. The number of rotatable bonds is 4. The summed E-state index contributed by atoms with van der Waals surface area (Å²) in [6.45, 7) is 1.91. The summed E-state index contributed by atoms with van der Waals surface area (Å²) < 4.78 is 10.3. The maximum atomic E-state index is 13.7. The standard InChI is InChI=1S/C25H24ClNO5/c1-25(23(29)27-21(15-32-24(27)30)17-6-4-3-5-7-17)13-12-19(20(14-25)22(28)31-2)16-8-10-18(26)11-9-16/h3-11,21H,12-15H2,1-2H3/t21-,25+/m0/s1. The highest BCUT2D eigenvalue weighted by Crippen LogP contribution is 2.46. The normalized spacial score (nSPS) is 23.2. The molecule has 2 aliphatic rings. The predicted octanol–water partition coefficient (Wildman–Crippen LogP) is 5.18. The van der Waals surface area contributed by atoms with Crippen molar-refractivity contribution in [3.8, 4) is 0 Å². The predicted molar refractivity (Wildman–Crippen MR) is 120 cm³/mol. The second-order valence-electron chi connectivity index (χ2n) is 8.37. The minimum absolute atomic E-state index is 0.111. The molecule has 1 aliphatic carbocycles. The van der Waals surface area contributed by atoms with Gasteiger partial charge in [-0.2, -0.15) is 0 Å². The Labute approximate surface area is 191 Å². The molecule has 4 rings (SSSR count). The van der Waals surface area contributed by atoms with Crippen molar-refractivity contribution in [2.45, 2.75) is 32.2 Å². The van der Waals surface area contributed by atoms with Gasteiger partial charge in [-0.25, -0.2) is 14.5 Å². The summed E-state index contributed by atoms with van der Waals surface area (Å²) >= 11 is 6.01. The molecule has 0 aromatic heterocycles. The average Bonchev–Trinajstić information content (AvgIpc) is 3.20. The van der Waals surface area contributed by atoms with Gasteiger partial charge in [0.25, 0.3) is 0 Å². The summed E-state index contributed by atoms with van der Waals surface area (Å²) in [5.41, 5.74) is 2.03. The molecule has 6 nitrogen and oxygen atoms in total. The molecular weight excluding hydrogens is 430 g/mol. The Kier molecular flexibility index (Phi) is 6.07. The summed E-state index contributed by atoms with van der Waals surface area (Å²) in [5, 5.41) is 0.601. The lowest BCUT2D eigenvalue weighted by Crippen LogP contribution is -2.45. The fourth-order valence-electron chi connectivity index (χ4n) is 4.47. The van der Waals surface area contributed by atoms with Crippen molar-refractivity contribution < 1.29 is 23.9 Å². The topological polar surface area (TPSA) is 72.9 Å². The largest absolute Gasteiger partial charge is 0.466 e. The summed E-state index contributed by atoms with van der Waals surface area (Å²) in [4.78, 5) is 40.1. The Hall–Kier alpha value is -3.12. The van der Waals surface area contributed by atoms with Crippen LogP contribution in [0.1, 0.15) is 43.4 Å². The first kappa shape index (κ1) is 22.1. The van der Waals surface area contributed by atoms with Crippen LogP contribution in [-0.4, -0.2) is 36.6 Å². The summed E-state index contributed by atoms with van der Waals surface area (Å²) in [6.07, 6.45) is 0.488. The zero-order chi connectivity index (χ0) is 22.9. The van der Waals surface area contributed by atoms with E-state index < -0.39 is 23.5 Å². The number of methoxy groups -OCH3 is 1. The van der Waals surface area contributed by atoms with Crippen LogP contribution >= 0.6 is 11.6 Å². The molecule has 32 heavy (non-hydrogen) atoms. The van der Waals surface area contributed by atoms with E-state index in [9.17, 15) is 14.4 Å². The average molecular weight is 454 g/mol. The molecule has 2 aromatic carbocycles. The third-order valence-electron chi connectivity index (χ3n) is 6.27. The number of esters is 1. The number of imide groups is 1. The smallest absolute Gasteiger partial charge is 0.417 e. The van der Waals surface area contributed by atoms with Crippen molar-refractivity contribution in [2.24, 2.45) is 5.41 Å². The van der Waals surface area contributed by atoms with Gasteiger partial charge in [0.2, 0.25) is 5.91 Å². The minimum atomic E-state index is -0.949. The lowest BCUT2D eigenvalue weighted by Gasteiger charge is -2.37. The van der Waals surface area contributed by atoms with Crippen LogP contribution in [0.3, 0.4) is 0 Å². The van der Waals surface area contributed by atoms with E-state index in [4.69, 9.17) is 21.1 Å². The van der Waals surface area contributed by atoms with Crippen LogP contribution < -0.4 is 0 Å². The third-order valence-corrected chi connectivity index (χ3v) is 6.53. The summed E-state index contributed by atoms with van der Waals surface area (Å²) in [7, 11) is 1.33. The molecule has 0 bridgehead atoms. The number of hydrogen-bond acceptors (Lipinski definition) is 5. The zero-order valence-corrected chi connectivity index (χ0v) is 18.7. The number of halogens is 1. The molecule has 1 heterocycles. The fraction of sp³-hybridized carbons (Fsp3) is 0.320. The van der Waals surface area contributed by atoms with Crippen LogP contribution in [0.5, 0.6) is 0 Å². The van der Waals surface area contributed by atoms with Crippen LogP contribution in [0.15, 0.2) is 60.2 Å². The highest BCUT2D eigenvalue weighted by Gasteiger charge is 2.49. The molecule has 2 amide bonds. The zero-order valence-electron chi connectivity index (χ0n) is 18.0. The van der Waals surface area contributed by atoms with E-state index in [2.05, 4.69) is 0 Å². The van der Waals surface area contributed by atoms with Crippen molar-refractivity contribution in [3.05, 3.63) is 76.3 Å². The number of carbonyl (C=O) groups is 3. The molecule has 0 radical (unpaired) electrons. The van der Waals surface area contributed by atoms with Gasteiger partial charge in [-0.1, -0.05) is 61.0 Å². The van der Waals surface area contributed by atoms with Gasteiger partial charge in [-0.05, 0) is 48.1 Å². The van der Waals surface area contributed by atoms with E-state index in [1.165, 1.54) is 12.0 Å². The van der Waals surface area contributed by atoms with Gasteiger partial charge >= 0.3 is 12.1 Å². The highest BCUT2D eigenvalue weighted by molar-refractivity contribution is 6.30. The third kappa shape index (κ3) is 4.02. The van der Waals surface area contributed by atoms with E-state index in [-0.39, 0.29) is 18.9 Å². The molecule has 0 N–H and O–H groups in total. The Morgan fingerprint density at radius 1 is 1.12 bits per heavy atom. The van der Waals surface area contributed by atoms with E-state index in [1.54, 1.807) is 19.1 Å². The lowest BCUT2D eigenvalue weighted by atomic mass is 9.70. The van der Waals surface area contributed by atoms with Crippen LogP contribution in [0, 0.1) is 5.41 Å². The van der Waals surface area contributed by atoms with Crippen molar-refractivity contribution in [2.75, 3.05) is 13.7 Å². The summed E-state index contributed by atoms with van der Waals surface area (Å²) in [6, 6.07) is 16.1. The number of benzene rings is 2. The Bertz CT molecular complexity index is 1080. The van der Waals surface area contributed by atoms with Crippen molar-refractivity contribution in [3.63, 3.8) is 0 Å². The van der Waals surface area contributed by atoms with Gasteiger partial charge in [0.05, 0.1) is 12.5 Å².